The van der Waals surface area contributed by atoms with Crippen LogP contribution in [0.25, 0.3) is 0 Å². The molecule has 0 atom stereocenters. The second-order valence-electron chi connectivity index (χ2n) is 4.55. The van der Waals surface area contributed by atoms with Crippen LogP contribution in [-0.4, -0.2) is 25.0 Å². The lowest BCUT2D eigenvalue weighted by Crippen LogP contribution is -2.25. The predicted octanol–water partition coefficient (Wildman–Crippen LogP) is 3.23. The van der Waals surface area contributed by atoms with Crippen molar-refractivity contribution >= 4 is 5.91 Å². The molecular weight excluding hydrogens is 226 g/mol. The molecule has 0 N–H and O–H groups in total. The number of hydrogen-bond acceptors (Lipinski definition) is 2. The normalized spacial score (nSPS) is 10.2. The van der Waals surface area contributed by atoms with Crippen LogP contribution in [0.1, 0.15) is 38.2 Å². The van der Waals surface area contributed by atoms with Crippen LogP contribution in [0.3, 0.4) is 0 Å². The number of nitrogens with zero attached hydrogens (tertiary/aromatic N) is 1. The lowest BCUT2D eigenvalue weighted by molar-refractivity contribution is -0.130. The minimum absolute atomic E-state index is 0.222. The largest absolute Gasteiger partial charge is 0.497 e. The Hall–Kier alpha value is -1.51. The van der Waals surface area contributed by atoms with Gasteiger partial charge in [-0.1, -0.05) is 31.9 Å². The summed E-state index contributed by atoms with van der Waals surface area (Å²) in [6, 6.07) is 7.83. The molecule has 0 unspecified atom stereocenters. The highest BCUT2D eigenvalue weighted by Gasteiger charge is 2.08. The number of hydrogen-bond donors (Lipinski definition) is 0. The van der Waals surface area contributed by atoms with E-state index < -0.39 is 0 Å². The van der Waals surface area contributed by atoms with Gasteiger partial charge in [0.1, 0.15) is 5.75 Å². The molecule has 3 nitrogen and oxygen atoms in total. The molecule has 1 amide bonds. The van der Waals surface area contributed by atoms with E-state index in [-0.39, 0.29) is 5.91 Å². The number of benzene rings is 1. The van der Waals surface area contributed by atoms with Gasteiger partial charge in [-0.2, -0.15) is 0 Å². The van der Waals surface area contributed by atoms with E-state index in [2.05, 4.69) is 6.92 Å². The van der Waals surface area contributed by atoms with Gasteiger partial charge in [-0.3, -0.25) is 4.79 Å². The fraction of sp³-hybridized carbons (Fsp3) is 0.533. The molecule has 0 aliphatic carbocycles. The number of amides is 1. The first-order chi connectivity index (χ1) is 8.67. The summed E-state index contributed by atoms with van der Waals surface area (Å²) in [5.74, 6) is 1.06. The summed E-state index contributed by atoms with van der Waals surface area (Å²) in [7, 11) is 3.51. The van der Waals surface area contributed by atoms with Crippen LogP contribution in [-0.2, 0) is 11.3 Å². The average Bonchev–Trinajstić information content (AvgIpc) is 2.39. The zero-order valence-electron chi connectivity index (χ0n) is 11.6. The Labute approximate surface area is 110 Å². The van der Waals surface area contributed by atoms with E-state index in [1.807, 2.05) is 31.3 Å². The molecule has 18 heavy (non-hydrogen) atoms. The Morgan fingerprint density at radius 2 is 1.89 bits per heavy atom. The quantitative estimate of drug-likeness (QED) is 0.694. The Kier molecular flexibility index (Phi) is 6.26. The van der Waals surface area contributed by atoms with Crippen molar-refractivity contribution in [2.45, 2.75) is 39.2 Å². The van der Waals surface area contributed by atoms with Gasteiger partial charge in [-0.05, 0) is 24.1 Å². The third-order valence-corrected chi connectivity index (χ3v) is 3.00. The first kappa shape index (κ1) is 14.6. The highest BCUT2D eigenvalue weighted by molar-refractivity contribution is 5.75. The molecular formula is C15H23NO2. The van der Waals surface area contributed by atoms with Crippen molar-refractivity contribution in [1.29, 1.82) is 0 Å². The molecule has 0 saturated carbocycles. The second-order valence-corrected chi connectivity index (χ2v) is 4.55. The molecule has 0 radical (unpaired) electrons. The smallest absolute Gasteiger partial charge is 0.222 e. The van der Waals surface area contributed by atoms with E-state index in [0.717, 1.165) is 30.6 Å². The Morgan fingerprint density at radius 1 is 1.22 bits per heavy atom. The number of carbonyl (C=O) groups is 1. The van der Waals surface area contributed by atoms with Crippen molar-refractivity contribution in [1.82, 2.24) is 4.90 Å². The van der Waals surface area contributed by atoms with Crippen LogP contribution >= 0.6 is 0 Å². The number of unbranched alkanes of at least 4 members (excludes halogenated alkanes) is 2. The van der Waals surface area contributed by atoms with Crippen LogP contribution in [0.5, 0.6) is 5.75 Å². The lowest BCUT2D eigenvalue weighted by Gasteiger charge is -2.17. The van der Waals surface area contributed by atoms with Crippen molar-refractivity contribution in [3.8, 4) is 5.75 Å². The van der Waals surface area contributed by atoms with Crippen LogP contribution in [0.2, 0.25) is 0 Å². The van der Waals surface area contributed by atoms with Gasteiger partial charge in [0, 0.05) is 20.0 Å². The summed E-state index contributed by atoms with van der Waals surface area (Å²) >= 11 is 0. The van der Waals surface area contributed by atoms with Crippen molar-refractivity contribution < 1.29 is 9.53 Å². The zero-order valence-corrected chi connectivity index (χ0v) is 11.6. The predicted molar refractivity (Wildman–Crippen MR) is 73.6 cm³/mol. The minimum atomic E-state index is 0.222. The van der Waals surface area contributed by atoms with Crippen molar-refractivity contribution in [3.05, 3.63) is 29.8 Å². The van der Waals surface area contributed by atoms with E-state index in [4.69, 9.17) is 4.74 Å². The van der Waals surface area contributed by atoms with Gasteiger partial charge in [-0.15, -0.1) is 0 Å². The average molecular weight is 249 g/mol. The Balaban J connectivity index is 2.42. The van der Waals surface area contributed by atoms with E-state index >= 15 is 0 Å². The number of methoxy groups -OCH3 is 1. The molecule has 1 rings (SSSR count). The zero-order chi connectivity index (χ0) is 13.4. The number of carbonyl (C=O) groups excluding carboxylic acids is 1. The monoisotopic (exact) mass is 249 g/mol. The molecule has 1 aromatic rings. The van der Waals surface area contributed by atoms with E-state index in [0.29, 0.717) is 13.0 Å². The summed E-state index contributed by atoms with van der Waals surface area (Å²) in [6.07, 6.45) is 3.92. The second kappa shape index (κ2) is 7.75. The summed E-state index contributed by atoms with van der Waals surface area (Å²) in [4.78, 5) is 13.6. The van der Waals surface area contributed by atoms with Gasteiger partial charge in [-0.25, -0.2) is 0 Å². The van der Waals surface area contributed by atoms with Gasteiger partial charge in [0.25, 0.3) is 0 Å². The first-order valence-electron chi connectivity index (χ1n) is 6.54. The van der Waals surface area contributed by atoms with Crippen LogP contribution < -0.4 is 4.74 Å². The Bertz CT molecular complexity index is 359. The molecule has 0 aromatic heterocycles. The summed E-state index contributed by atoms with van der Waals surface area (Å²) in [5, 5.41) is 0. The van der Waals surface area contributed by atoms with Gasteiger partial charge >= 0.3 is 0 Å². The van der Waals surface area contributed by atoms with Crippen molar-refractivity contribution in [2.75, 3.05) is 14.2 Å². The third kappa shape index (κ3) is 4.78. The molecule has 0 bridgehead atoms. The van der Waals surface area contributed by atoms with E-state index in [1.54, 1.807) is 12.0 Å². The maximum Gasteiger partial charge on any atom is 0.222 e. The Morgan fingerprint density at radius 3 is 2.44 bits per heavy atom. The number of ether oxygens (including phenoxy) is 1. The number of rotatable bonds is 7. The molecule has 100 valence electrons. The van der Waals surface area contributed by atoms with Gasteiger partial charge in [0.2, 0.25) is 5.91 Å². The standard InChI is InChI=1S/C15H23NO2/c1-4-5-6-7-15(17)16(2)12-13-8-10-14(18-3)11-9-13/h8-11H,4-7,12H2,1-3H3. The SMILES string of the molecule is CCCCCC(=O)N(C)Cc1ccc(OC)cc1. The summed E-state index contributed by atoms with van der Waals surface area (Å²) in [6.45, 7) is 2.81. The fourth-order valence-corrected chi connectivity index (χ4v) is 1.81. The molecule has 0 aliphatic heterocycles. The molecule has 0 spiro atoms. The minimum Gasteiger partial charge on any atom is -0.497 e. The van der Waals surface area contributed by atoms with Crippen molar-refractivity contribution in [2.24, 2.45) is 0 Å². The maximum atomic E-state index is 11.8. The summed E-state index contributed by atoms with van der Waals surface area (Å²) < 4.78 is 5.11. The fourth-order valence-electron chi connectivity index (χ4n) is 1.81. The molecule has 3 heteroatoms. The molecule has 0 heterocycles. The lowest BCUT2D eigenvalue weighted by atomic mass is 10.1. The topological polar surface area (TPSA) is 29.5 Å². The van der Waals surface area contributed by atoms with Gasteiger partial charge in [0.15, 0.2) is 0 Å². The maximum absolute atomic E-state index is 11.8. The highest BCUT2D eigenvalue weighted by Crippen LogP contribution is 2.13. The first-order valence-corrected chi connectivity index (χ1v) is 6.54. The van der Waals surface area contributed by atoms with E-state index in [9.17, 15) is 4.79 Å². The summed E-state index contributed by atoms with van der Waals surface area (Å²) in [5.41, 5.74) is 1.13. The highest BCUT2D eigenvalue weighted by atomic mass is 16.5. The molecule has 0 fully saturated rings. The molecule has 0 saturated heterocycles. The van der Waals surface area contributed by atoms with Crippen LogP contribution in [0.15, 0.2) is 24.3 Å². The molecule has 1 aromatic carbocycles. The van der Waals surface area contributed by atoms with Gasteiger partial charge < -0.3 is 9.64 Å². The van der Waals surface area contributed by atoms with Gasteiger partial charge in [0.05, 0.1) is 7.11 Å². The van der Waals surface area contributed by atoms with Crippen molar-refractivity contribution in [3.63, 3.8) is 0 Å². The molecule has 0 aliphatic rings. The third-order valence-electron chi connectivity index (χ3n) is 3.00. The van der Waals surface area contributed by atoms with Crippen LogP contribution in [0, 0.1) is 0 Å². The van der Waals surface area contributed by atoms with E-state index in [1.165, 1.54) is 0 Å². The van der Waals surface area contributed by atoms with Crippen LogP contribution in [0.4, 0.5) is 0 Å².